The summed E-state index contributed by atoms with van der Waals surface area (Å²) in [5.74, 6) is 1.51. The van der Waals surface area contributed by atoms with Crippen LogP contribution in [0.2, 0.25) is 0 Å². The fourth-order valence-electron chi connectivity index (χ4n) is 3.26. The predicted octanol–water partition coefficient (Wildman–Crippen LogP) is 2.65. The van der Waals surface area contributed by atoms with Crippen LogP contribution in [-0.2, 0) is 0 Å². The summed E-state index contributed by atoms with van der Waals surface area (Å²) in [5, 5.41) is 2.75. The van der Waals surface area contributed by atoms with Crippen LogP contribution in [0.5, 0.6) is 5.75 Å². The third kappa shape index (κ3) is 3.42. The maximum Gasteiger partial charge on any atom is 0.260 e. The summed E-state index contributed by atoms with van der Waals surface area (Å²) in [6, 6.07) is 10.2. The highest BCUT2D eigenvalue weighted by Gasteiger charge is 2.20. The van der Waals surface area contributed by atoms with Crippen LogP contribution < -0.4 is 21.5 Å². The molecular formula is C21H21N7O2. The summed E-state index contributed by atoms with van der Waals surface area (Å²) in [4.78, 5) is 25.7. The Labute approximate surface area is 172 Å². The molecule has 3 heterocycles. The molecule has 0 bridgehead atoms. The number of hydrogen-bond donors (Lipinski definition) is 3. The van der Waals surface area contributed by atoms with Crippen LogP contribution in [0.15, 0.2) is 55.0 Å². The zero-order valence-electron chi connectivity index (χ0n) is 16.5. The van der Waals surface area contributed by atoms with E-state index in [-0.39, 0.29) is 11.9 Å². The van der Waals surface area contributed by atoms with E-state index in [1.165, 1.54) is 7.11 Å². The van der Waals surface area contributed by atoms with Gasteiger partial charge in [0, 0.05) is 24.2 Å². The number of aromatic nitrogens is 4. The van der Waals surface area contributed by atoms with Gasteiger partial charge >= 0.3 is 0 Å². The summed E-state index contributed by atoms with van der Waals surface area (Å²) < 4.78 is 7.31. The number of nitrogen functional groups attached to an aromatic ring is 1. The average molecular weight is 403 g/mol. The van der Waals surface area contributed by atoms with Gasteiger partial charge in [0.1, 0.15) is 34.4 Å². The lowest BCUT2D eigenvalue weighted by Gasteiger charge is -2.10. The Morgan fingerprint density at radius 2 is 2.03 bits per heavy atom. The van der Waals surface area contributed by atoms with Gasteiger partial charge in [0.05, 0.1) is 18.7 Å². The topological polar surface area (TPSA) is 133 Å². The fourth-order valence-corrected chi connectivity index (χ4v) is 3.26. The number of hydrogen-bond acceptors (Lipinski definition) is 7. The molecule has 1 aromatic carbocycles. The molecule has 9 nitrogen and oxygen atoms in total. The normalized spacial score (nSPS) is 12.0. The molecule has 4 aromatic rings. The molecule has 9 heteroatoms. The first kappa shape index (κ1) is 19.3. The van der Waals surface area contributed by atoms with Gasteiger partial charge in [-0.1, -0.05) is 12.1 Å². The number of nitrogens with two attached hydrogens (primary N) is 2. The molecule has 30 heavy (non-hydrogen) atoms. The van der Waals surface area contributed by atoms with Crippen LogP contribution >= 0.6 is 0 Å². The van der Waals surface area contributed by atoms with Gasteiger partial charge in [-0.05, 0) is 31.2 Å². The van der Waals surface area contributed by atoms with Crippen molar-refractivity contribution in [2.75, 3.05) is 18.2 Å². The summed E-state index contributed by atoms with van der Waals surface area (Å²) in [6.45, 7) is 1.85. The van der Waals surface area contributed by atoms with E-state index in [2.05, 4.69) is 20.3 Å². The molecule has 0 fully saturated rings. The number of methoxy groups -OCH3 is 1. The minimum Gasteiger partial charge on any atom is -0.496 e. The van der Waals surface area contributed by atoms with Crippen molar-refractivity contribution < 1.29 is 9.53 Å². The third-order valence-electron chi connectivity index (χ3n) is 4.64. The molecule has 1 atom stereocenters. The molecule has 0 aliphatic heterocycles. The number of nitrogens with zero attached hydrogens (tertiary/aromatic N) is 4. The number of carbonyl (C=O) groups excluding carboxylic acids is 1. The first-order chi connectivity index (χ1) is 14.5. The van der Waals surface area contributed by atoms with E-state index in [1.54, 1.807) is 55.0 Å². The van der Waals surface area contributed by atoms with E-state index in [1.807, 2.05) is 11.3 Å². The minimum absolute atomic E-state index is 0.307. The van der Waals surface area contributed by atoms with Crippen molar-refractivity contribution in [1.29, 1.82) is 0 Å². The summed E-state index contributed by atoms with van der Waals surface area (Å²) in [6.07, 6.45) is 4.98. The Morgan fingerprint density at radius 1 is 1.20 bits per heavy atom. The third-order valence-corrected chi connectivity index (χ3v) is 4.64. The minimum atomic E-state index is -0.329. The Bertz CT molecular complexity index is 1220. The van der Waals surface area contributed by atoms with Crippen LogP contribution in [0.1, 0.15) is 29.1 Å². The lowest BCUT2D eigenvalue weighted by molar-refractivity contribution is 0.102. The van der Waals surface area contributed by atoms with Gasteiger partial charge in [-0.3, -0.25) is 9.20 Å². The van der Waals surface area contributed by atoms with Crippen LogP contribution in [0.3, 0.4) is 0 Å². The van der Waals surface area contributed by atoms with Crippen molar-refractivity contribution in [3.63, 3.8) is 0 Å². The standard InChI is InChI=1S/C21H21N7O2/c1-12(22)20-27-17(18-19(23)25-9-10-28(18)20)13-6-7-14(15(11-13)30-2)21(29)26-16-5-3-4-8-24-16/h3-12H,22H2,1-2H3,(H2,23,25)(H,24,26,29). The molecule has 1 amide bonds. The Hall–Kier alpha value is -3.98. The molecule has 0 radical (unpaired) electrons. The number of nitrogens with one attached hydrogen (secondary N) is 1. The second kappa shape index (κ2) is 7.80. The number of pyridine rings is 1. The number of fused-ring (bicyclic) bond motifs is 1. The quantitative estimate of drug-likeness (QED) is 0.466. The van der Waals surface area contributed by atoms with Gasteiger partial charge in [0.25, 0.3) is 5.91 Å². The molecule has 3 aromatic heterocycles. The highest BCUT2D eigenvalue weighted by Crippen LogP contribution is 2.33. The molecule has 0 aliphatic carbocycles. The Kier molecular flexibility index (Phi) is 5.03. The van der Waals surface area contributed by atoms with E-state index in [0.717, 1.165) is 5.56 Å². The van der Waals surface area contributed by atoms with Crippen molar-refractivity contribution >= 4 is 23.1 Å². The van der Waals surface area contributed by atoms with Gasteiger partial charge in [-0.2, -0.15) is 0 Å². The van der Waals surface area contributed by atoms with Crippen molar-refractivity contribution in [1.82, 2.24) is 19.4 Å². The number of amides is 1. The molecule has 0 saturated heterocycles. The van der Waals surface area contributed by atoms with Crippen LogP contribution in [0, 0.1) is 0 Å². The molecular weight excluding hydrogens is 382 g/mol. The zero-order chi connectivity index (χ0) is 21.3. The lowest BCUT2D eigenvalue weighted by Crippen LogP contribution is -2.14. The monoisotopic (exact) mass is 403 g/mol. The molecule has 0 saturated carbocycles. The Balaban J connectivity index is 1.78. The number of imidazole rings is 1. The maximum absolute atomic E-state index is 12.7. The van der Waals surface area contributed by atoms with Crippen LogP contribution in [-0.4, -0.2) is 32.4 Å². The zero-order valence-corrected chi connectivity index (χ0v) is 16.5. The van der Waals surface area contributed by atoms with E-state index >= 15 is 0 Å². The molecule has 0 aliphatic rings. The number of benzene rings is 1. The largest absolute Gasteiger partial charge is 0.496 e. The molecule has 5 N–H and O–H groups in total. The van der Waals surface area contributed by atoms with Gasteiger partial charge in [0.15, 0.2) is 0 Å². The van der Waals surface area contributed by atoms with E-state index < -0.39 is 0 Å². The van der Waals surface area contributed by atoms with E-state index in [0.29, 0.717) is 40.0 Å². The van der Waals surface area contributed by atoms with E-state index in [4.69, 9.17) is 16.2 Å². The SMILES string of the molecule is COc1cc(-c2nc(C(C)N)n3ccnc(N)c23)ccc1C(=O)Nc1ccccn1. The number of rotatable bonds is 5. The fraction of sp³-hybridized carbons (Fsp3) is 0.143. The van der Waals surface area contributed by atoms with Gasteiger partial charge in [-0.25, -0.2) is 15.0 Å². The smallest absolute Gasteiger partial charge is 0.260 e. The van der Waals surface area contributed by atoms with Crippen LogP contribution in [0.4, 0.5) is 11.6 Å². The number of ether oxygens (including phenoxy) is 1. The first-order valence-electron chi connectivity index (χ1n) is 9.28. The molecule has 0 spiro atoms. The van der Waals surface area contributed by atoms with Crippen molar-refractivity contribution in [3.05, 3.63) is 66.4 Å². The molecule has 152 valence electrons. The van der Waals surface area contributed by atoms with Crippen molar-refractivity contribution in [2.24, 2.45) is 5.73 Å². The maximum atomic E-state index is 12.7. The number of carbonyl (C=O) groups is 1. The second-order valence-corrected chi connectivity index (χ2v) is 6.72. The number of anilines is 2. The molecule has 4 rings (SSSR count). The predicted molar refractivity (Wildman–Crippen MR) is 114 cm³/mol. The molecule has 1 unspecified atom stereocenters. The lowest BCUT2D eigenvalue weighted by atomic mass is 10.1. The Morgan fingerprint density at radius 3 is 2.73 bits per heavy atom. The average Bonchev–Trinajstić information content (AvgIpc) is 3.15. The van der Waals surface area contributed by atoms with Gasteiger partial charge in [-0.15, -0.1) is 0 Å². The highest BCUT2D eigenvalue weighted by atomic mass is 16.5. The highest BCUT2D eigenvalue weighted by molar-refractivity contribution is 6.06. The first-order valence-corrected chi connectivity index (χ1v) is 9.28. The second-order valence-electron chi connectivity index (χ2n) is 6.72. The van der Waals surface area contributed by atoms with Crippen molar-refractivity contribution in [2.45, 2.75) is 13.0 Å². The van der Waals surface area contributed by atoms with Gasteiger partial charge < -0.3 is 21.5 Å². The summed E-state index contributed by atoms with van der Waals surface area (Å²) in [7, 11) is 1.51. The van der Waals surface area contributed by atoms with Crippen molar-refractivity contribution in [3.8, 4) is 17.0 Å². The summed E-state index contributed by atoms with van der Waals surface area (Å²) >= 11 is 0. The van der Waals surface area contributed by atoms with Gasteiger partial charge in [0.2, 0.25) is 0 Å². The van der Waals surface area contributed by atoms with E-state index in [9.17, 15) is 4.79 Å². The summed E-state index contributed by atoms with van der Waals surface area (Å²) in [5.41, 5.74) is 14.6. The van der Waals surface area contributed by atoms with Crippen LogP contribution in [0.25, 0.3) is 16.8 Å².